The first-order valence-corrected chi connectivity index (χ1v) is 11.4. The van der Waals surface area contributed by atoms with E-state index in [-0.39, 0.29) is 18.1 Å². The second-order valence-corrected chi connectivity index (χ2v) is 9.06. The molecule has 0 aliphatic carbocycles. The van der Waals surface area contributed by atoms with Crippen molar-refractivity contribution in [3.63, 3.8) is 0 Å². The second kappa shape index (κ2) is 10.5. The number of aliphatic hydroxyl groups excluding tert-OH is 2. The molecule has 2 heterocycles. The van der Waals surface area contributed by atoms with Crippen molar-refractivity contribution >= 4 is 21.9 Å². The van der Waals surface area contributed by atoms with Gasteiger partial charge >= 0.3 is 6.01 Å². The average Bonchev–Trinajstić information content (AvgIpc) is 3.20. The van der Waals surface area contributed by atoms with Crippen LogP contribution < -0.4 is 9.62 Å². The summed E-state index contributed by atoms with van der Waals surface area (Å²) in [4.78, 5) is 20.8. The molecular weight excluding hydrogens is 412 g/mol. The highest BCUT2D eigenvalue weighted by Crippen LogP contribution is 2.16. The lowest BCUT2D eigenvalue weighted by Gasteiger charge is -2.27. The van der Waals surface area contributed by atoms with E-state index in [4.69, 9.17) is 4.42 Å². The van der Waals surface area contributed by atoms with Crippen LogP contribution in [0.1, 0.15) is 42.4 Å². The van der Waals surface area contributed by atoms with Crippen LogP contribution in [0.2, 0.25) is 0 Å². The molecule has 0 bridgehead atoms. The molecule has 0 saturated heterocycles. The predicted molar refractivity (Wildman–Crippen MR) is 110 cm³/mol. The molecule has 0 fully saturated rings. The molecule has 0 radical (unpaired) electrons. The Morgan fingerprint density at radius 2 is 2.07 bits per heavy atom. The van der Waals surface area contributed by atoms with Gasteiger partial charge in [-0.3, -0.25) is 9.78 Å². The van der Waals surface area contributed by atoms with Crippen molar-refractivity contribution < 1.29 is 27.8 Å². The van der Waals surface area contributed by atoms with Gasteiger partial charge in [-0.25, -0.2) is 12.7 Å². The molecule has 30 heavy (non-hydrogen) atoms. The first-order chi connectivity index (χ1) is 14.1. The van der Waals surface area contributed by atoms with Gasteiger partial charge in [-0.1, -0.05) is 25.8 Å². The molecule has 2 aromatic rings. The molecule has 0 spiro atoms. The van der Waals surface area contributed by atoms with Crippen LogP contribution >= 0.6 is 0 Å². The summed E-state index contributed by atoms with van der Waals surface area (Å²) in [6.45, 7) is 1.97. The Kier molecular flexibility index (Phi) is 8.33. The molecule has 3 N–H and O–H groups in total. The summed E-state index contributed by atoms with van der Waals surface area (Å²) >= 11 is 0. The Morgan fingerprint density at radius 1 is 1.33 bits per heavy atom. The minimum atomic E-state index is -3.60. The zero-order valence-corrected chi connectivity index (χ0v) is 18.0. The van der Waals surface area contributed by atoms with Crippen LogP contribution in [-0.2, 0) is 16.4 Å². The van der Waals surface area contributed by atoms with Crippen LogP contribution in [0.4, 0.5) is 6.01 Å². The number of oxazole rings is 1. The molecule has 11 heteroatoms. The number of sulfonamides is 1. The number of nitrogens with zero attached hydrogens (tertiary/aromatic N) is 3. The molecule has 3 atom stereocenters. The maximum absolute atomic E-state index is 12.7. The average molecular weight is 441 g/mol. The Morgan fingerprint density at radius 3 is 2.67 bits per heavy atom. The highest BCUT2D eigenvalue weighted by Gasteiger charge is 2.29. The van der Waals surface area contributed by atoms with E-state index in [9.17, 15) is 23.4 Å². The smallest absolute Gasteiger partial charge is 0.311 e. The molecular formula is C19H28N4O6S. The molecule has 0 aliphatic rings. The third-order valence-corrected chi connectivity index (χ3v) is 5.77. The number of aromatic nitrogens is 2. The molecule has 3 unspecified atom stereocenters. The van der Waals surface area contributed by atoms with E-state index >= 15 is 0 Å². The third-order valence-electron chi connectivity index (χ3n) is 4.62. The number of hydrogen-bond acceptors (Lipinski definition) is 8. The predicted octanol–water partition coefficient (Wildman–Crippen LogP) is 0.718. The summed E-state index contributed by atoms with van der Waals surface area (Å²) < 4.78 is 29.1. The van der Waals surface area contributed by atoms with Gasteiger partial charge in [0, 0.05) is 25.4 Å². The van der Waals surface area contributed by atoms with Crippen molar-refractivity contribution in [3.05, 3.63) is 42.0 Å². The van der Waals surface area contributed by atoms with Gasteiger partial charge in [-0.15, -0.1) is 0 Å². The van der Waals surface area contributed by atoms with Gasteiger partial charge in [0.1, 0.15) is 12.4 Å². The number of rotatable bonds is 11. The fraction of sp³-hybridized carbons (Fsp3) is 0.526. The van der Waals surface area contributed by atoms with Crippen LogP contribution in [0.3, 0.4) is 0 Å². The van der Waals surface area contributed by atoms with Crippen molar-refractivity contribution in [2.75, 3.05) is 17.6 Å². The number of anilines is 1. The van der Waals surface area contributed by atoms with Crippen LogP contribution in [0, 0.1) is 0 Å². The monoisotopic (exact) mass is 440 g/mol. The van der Waals surface area contributed by atoms with E-state index in [0.29, 0.717) is 12.1 Å². The normalized spacial score (nSPS) is 14.7. The lowest BCUT2D eigenvalue weighted by molar-refractivity contribution is -0.00834. The number of unbranched alkanes of at least 4 members (excludes halogenated alkanes) is 1. The Balaban J connectivity index is 2.18. The van der Waals surface area contributed by atoms with Gasteiger partial charge in [0.25, 0.3) is 5.91 Å². The van der Waals surface area contributed by atoms with Crippen molar-refractivity contribution in [1.82, 2.24) is 15.3 Å². The summed E-state index contributed by atoms with van der Waals surface area (Å²) in [6, 6.07) is 4.18. The molecule has 2 aromatic heterocycles. The van der Waals surface area contributed by atoms with Crippen molar-refractivity contribution in [1.29, 1.82) is 0 Å². The summed E-state index contributed by atoms with van der Waals surface area (Å²) in [5, 5.41) is 23.6. The van der Waals surface area contributed by atoms with Crippen LogP contribution in [-0.4, -0.2) is 66.1 Å². The highest BCUT2D eigenvalue weighted by molar-refractivity contribution is 7.92. The molecule has 166 valence electrons. The van der Waals surface area contributed by atoms with E-state index in [0.717, 1.165) is 29.7 Å². The summed E-state index contributed by atoms with van der Waals surface area (Å²) in [6.07, 6.45) is 3.51. The number of aliphatic hydroxyl groups is 2. The van der Waals surface area contributed by atoms with Gasteiger partial charge in [0.05, 0.1) is 18.4 Å². The van der Waals surface area contributed by atoms with Crippen LogP contribution in [0.15, 0.2) is 35.1 Å². The van der Waals surface area contributed by atoms with E-state index in [1.54, 1.807) is 24.4 Å². The van der Waals surface area contributed by atoms with E-state index < -0.39 is 34.2 Å². The van der Waals surface area contributed by atoms with Crippen molar-refractivity contribution in [2.24, 2.45) is 0 Å². The molecule has 10 nitrogen and oxygen atoms in total. The molecule has 0 saturated carbocycles. The standard InChI is InChI=1S/C19H28N4O6S/c1-4-5-9-16(24)17(25)14(11-13-8-6-7-10-20-13)21-18(26)15-12-29-19(22-15)23(2)30(3,27)28/h6-8,10,12,14,16-17,24-25H,4-5,9,11H2,1-3H3,(H,21,26). The summed E-state index contributed by atoms with van der Waals surface area (Å²) in [5.74, 6) is -0.672. The third kappa shape index (κ3) is 6.51. The van der Waals surface area contributed by atoms with Gasteiger partial charge in [0.2, 0.25) is 10.0 Å². The Bertz CT molecular complexity index is 918. The largest absolute Gasteiger partial charge is 0.430 e. The quantitative estimate of drug-likeness (QED) is 0.463. The fourth-order valence-corrected chi connectivity index (χ4v) is 3.12. The first kappa shape index (κ1) is 23.8. The lowest BCUT2D eigenvalue weighted by Crippen LogP contribution is -2.50. The zero-order chi connectivity index (χ0) is 22.3. The minimum absolute atomic E-state index is 0.151. The van der Waals surface area contributed by atoms with Gasteiger partial charge in [-0.2, -0.15) is 4.98 Å². The molecule has 0 aromatic carbocycles. The van der Waals surface area contributed by atoms with Gasteiger partial charge in [0.15, 0.2) is 5.69 Å². The number of hydrogen-bond donors (Lipinski definition) is 3. The fourth-order valence-electron chi connectivity index (χ4n) is 2.75. The Labute approximate surface area is 176 Å². The number of pyridine rings is 1. The maximum Gasteiger partial charge on any atom is 0.311 e. The van der Waals surface area contributed by atoms with Crippen LogP contribution in [0.5, 0.6) is 0 Å². The highest BCUT2D eigenvalue weighted by atomic mass is 32.2. The van der Waals surface area contributed by atoms with E-state index in [2.05, 4.69) is 15.3 Å². The number of nitrogens with one attached hydrogen (secondary N) is 1. The molecule has 1 amide bonds. The van der Waals surface area contributed by atoms with E-state index in [1.165, 1.54) is 7.05 Å². The van der Waals surface area contributed by atoms with Crippen LogP contribution in [0.25, 0.3) is 0 Å². The van der Waals surface area contributed by atoms with Crippen molar-refractivity contribution in [3.8, 4) is 0 Å². The summed E-state index contributed by atoms with van der Waals surface area (Å²) in [5.41, 5.74) is 0.476. The zero-order valence-electron chi connectivity index (χ0n) is 17.2. The lowest BCUT2D eigenvalue weighted by atomic mass is 9.97. The second-order valence-electron chi connectivity index (χ2n) is 7.05. The first-order valence-electron chi connectivity index (χ1n) is 9.59. The molecule has 0 aliphatic heterocycles. The maximum atomic E-state index is 12.7. The van der Waals surface area contributed by atoms with E-state index in [1.807, 2.05) is 6.92 Å². The SMILES string of the molecule is CCCCC(O)C(O)C(Cc1ccccn1)NC(=O)c1coc(N(C)S(C)(=O)=O)n1. The number of carbonyl (C=O) groups is 1. The summed E-state index contributed by atoms with van der Waals surface area (Å²) in [7, 11) is -2.35. The van der Waals surface area contributed by atoms with Gasteiger partial charge < -0.3 is 19.9 Å². The van der Waals surface area contributed by atoms with Crippen molar-refractivity contribution in [2.45, 2.75) is 50.9 Å². The topological polar surface area (TPSA) is 146 Å². The number of amides is 1. The Hall–Kier alpha value is -2.50. The number of carbonyl (C=O) groups excluding carboxylic acids is 1. The molecule has 2 rings (SSSR count). The van der Waals surface area contributed by atoms with Gasteiger partial charge in [-0.05, 0) is 18.6 Å². The minimum Gasteiger partial charge on any atom is -0.430 e.